The fraction of sp³-hybridized carbons (Fsp3) is 0.222. The third-order valence-corrected chi connectivity index (χ3v) is 12.1. The van der Waals surface area contributed by atoms with Crippen LogP contribution in [-0.4, -0.2) is 49.9 Å². The molecule has 49 heavy (non-hydrogen) atoms. The highest BCUT2D eigenvalue weighted by Gasteiger charge is 2.28. The minimum atomic E-state index is -3.88. The van der Waals surface area contributed by atoms with Gasteiger partial charge in [-0.05, 0) is 98.4 Å². The van der Waals surface area contributed by atoms with E-state index < -0.39 is 32.0 Å². The highest BCUT2D eigenvalue weighted by atomic mass is 79.9. The molecule has 2 heterocycles. The van der Waals surface area contributed by atoms with Crippen LogP contribution in [-0.2, 0) is 29.5 Å². The fourth-order valence-corrected chi connectivity index (χ4v) is 8.52. The summed E-state index contributed by atoms with van der Waals surface area (Å²) in [5.41, 5.74) is 4.66. The average molecular weight is 770 g/mol. The summed E-state index contributed by atoms with van der Waals surface area (Å²) in [6, 6.07) is 22.3. The fourth-order valence-electron chi connectivity index (χ4n) is 4.90. The van der Waals surface area contributed by atoms with Crippen molar-refractivity contribution in [1.82, 2.24) is 7.94 Å². The summed E-state index contributed by atoms with van der Waals surface area (Å²) in [6.45, 7) is 11.0. The van der Waals surface area contributed by atoms with Gasteiger partial charge in [0, 0.05) is 12.4 Å². The predicted molar refractivity (Wildman–Crippen MR) is 191 cm³/mol. The Bertz CT molecular complexity index is 2190. The normalized spacial score (nSPS) is 11.4. The van der Waals surface area contributed by atoms with Crippen LogP contribution in [0.4, 0.5) is 0 Å². The second kappa shape index (κ2) is 15.4. The molecule has 13 heteroatoms. The molecule has 10 nitrogen and oxygen atoms in total. The summed E-state index contributed by atoms with van der Waals surface area (Å²) in [5, 5.41) is 0. The first-order chi connectivity index (χ1) is 23.1. The molecule has 0 aliphatic rings. The largest absolute Gasteiger partial charge is 0.462 e. The first-order valence-electron chi connectivity index (χ1n) is 15.3. The number of carbonyl (C=O) groups excluding carboxylic acids is 2. The second-order valence-corrected chi connectivity index (χ2v) is 15.4. The van der Waals surface area contributed by atoms with E-state index >= 15 is 0 Å². The lowest BCUT2D eigenvalue weighted by Crippen LogP contribution is -2.13. The van der Waals surface area contributed by atoms with Gasteiger partial charge in [-0.1, -0.05) is 65.7 Å². The zero-order valence-corrected chi connectivity index (χ0v) is 31.1. The van der Waals surface area contributed by atoms with Crippen LogP contribution in [0.15, 0.2) is 106 Å². The molecule has 2 aromatic heterocycles. The van der Waals surface area contributed by atoms with Crippen molar-refractivity contribution < 1.29 is 35.9 Å². The summed E-state index contributed by atoms with van der Waals surface area (Å²) in [4.78, 5) is 24.5. The van der Waals surface area contributed by atoms with Gasteiger partial charge in [-0.3, -0.25) is 0 Å². The van der Waals surface area contributed by atoms with E-state index in [1.165, 1.54) is 28.5 Å². The second-order valence-electron chi connectivity index (χ2n) is 11.0. The highest BCUT2D eigenvalue weighted by molar-refractivity contribution is 9.10. The molecule has 0 fully saturated rings. The van der Waals surface area contributed by atoms with E-state index in [1.807, 2.05) is 44.2 Å². The Kier molecular flexibility index (Phi) is 11.7. The third kappa shape index (κ3) is 7.90. The molecule has 0 unspecified atom stereocenters. The summed E-state index contributed by atoms with van der Waals surface area (Å²) in [6.07, 6.45) is 2.64. The van der Waals surface area contributed by atoms with Gasteiger partial charge >= 0.3 is 11.9 Å². The number of halogens is 1. The van der Waals surface area contributed by atoms with Crippen LogP contribution in [0, 0.1) is 27.7 Å². The summed E-state index contributed by atoms with van der Waals surface area (Å²) in [7, 11) is -7.65. The summed E-state index contributed by atoms with van der Waals surface area (Å²) >= 11 is 3.24. The molecule has 5 aromatic rings. The number of carbonyl (C=O) groups is 2. The van der Waals surface area contributed by atoms with Crippen molar-refractivity contribution in [2.45, 2.75) is 51.3 Å². The molecular weight excluding hydrogens is 732 g/mol. The van der Waals surface area contributed by atoms with E-state index in [0.29, 0.717) is 27.0 Å². The number of rotatable bonds is 9. The molecule has 0 saturated heterocycles. The van der Waals surface area contributed by atoms with Gasteiger partial charge in [0.25, 0.3) is 20.0 Å². The maximum Gasteiger partial charge on any atom is 0.340 e. The monoisotopic (exact) mass is 768 g/mol. The molecule has 0 aliphatic carbocycles. The number of esters is 2. The number of aryl methyl sites for hydroxylation is 2. The van der Waals surface area contributed by atoms with Gasteiger partial charge in [-0.25, -0.2) is 34.4 Å². The van der Waals surface area contributed by atoms with Crippen LogP contribution in [0.5, 0.6) is 0 Å². The molecule has 0 atom stereocenters. The van der Waals surface area contributed by atoms with E-state index in [9.17, 15) is 26.4 Å². The van der Waals surface area contributed by atoms with Crippen LogP contribution < -0.4 is 0 Å². The molecule has 0 radical (unpaired) electrons. The van der Waals surface area contributed by atoms with E-state index in [4.69, 9.17) is 9.47 Å². The van der Waals surface area contributed by atoms with Crippen molar-refractivity contribution >= 4 is 47.9 Å². The minimum Gasteiger partial charge on any atom is -0.462 e. The van der Waals surface area contributed by atoms with E-state index in [1.54, 1.807) is 64.1 Å². The Balaban J connectivity index is 0.000000226. The van der Waals surface area contributed by atoms with Crippen molar-refractivity contribution in [3.63, 3.8) is 0 Å². The first kappa shape index (κ1) is 37.4. The van der Waals surface area contributed by atoms with Gasteiger partial charge in [0.15, 0.2) is 0 Å². The maximum absolute atomic E-state index is 13.3. The number of ether oxygens (including phenoxy) is 2. The number of hydrogen-bond donors (Lipinski definition) is 0. The molecule has 0 spiro atoms. The smallest absolute Gasteiger partial charge is 0.340 e. The zero-order chi connectivity index (χ0) is 36.1. The molecule has 0 N–H and O–H groups in total. The van der Waals surface area contributed by atoms with Crippen LogP contribution in [0.1, 0.15) is 56.8 Å². The van der Waals surface area contributed by atoms with Crippen molar-refractivity contribution in [3.05, 3.63) is 129 Å². The van der Waals surface area contributed by atoms with E-state index in [-0.39, 0.29) is 34.1 Å². The Labute approximate surface area is 295 Å². The third-order valence-electron chi connectivity index (χ3n) is 7.57. The van der Waals surface area contributed by atoms with Crippen LogP contribution in [0.25, 0.3) is 11.3 Å². The SMILES string of the molecule is CCOC(=O)c1cn(S(=O)(=O)c2ccc(C)cc2)c(-c2ccccc2)c1C.CCOC(=O)c1cn(S(=O)(=O)c2ccc(C)cc2)c(Br)c1C. The van der Waals surface area contributed by atoms with Gasteiger partial charge in [-0.2, -0.15) is 0 Å². The van der Waals surface area contributed by atoms with Gasteiger partial charge in [0.05, 0.1) is 39.8 Å². The summed E-state index contributed by atoms with van der Waals surface area (Å²) < 4.78 is 64.6. The van der Waals surface area contributed by atoms with E-state index in [0.717, 1.165) is 15.1 Å². The van der Waals surface area contributed by atoms with Crippen molar-refractivity contribution in [3.8, 4) is 11.3 Å². The van der Waals surface area contributed by atoms with Gasteiger partial charge in [-0.15, -0.1) is 0 Å². The van der Waals surface area contributed by atoms with Gasteiger partial charge in [0.1, 0.15) is 4.60 Å². The minimum absolute atomic E-state index is 0.157. The number of aromatic nitrogens is 2. The van der Waals surface area contributed by atoms with Gasteiger partial charge in [0.2, 0.25) is 0 Å². The highest BCUT2D eigenvalue weighted by Crippen LogP contribution is 2.32. The van der Waals surface area contributed by atoms with Gasteiger partial charge < -0.3 is 9.47 Å². The number of benzene rings is 3. The average Bonchev–Trinajstić information content (AvgIpc) is 3.59. The molecule has 0 saturated carbocycles. The lowest BCUT2D eigenvalue weighted by atomic mass is 10.1. The van der Waals surface area contributed by atoms with Crippen molar-refractivity contribution in [2.75, 3.05) is 13.2 Å². The molecule has 258 valence electrons. The van der Waals surface area contributed by atoms with Crippen LogP contribution in [0.3, 0.4) is 0 Å². The molecule has 0 aliphatic heterocycles. The van der Waals surface area contributed by atoms with E-state index in [2.05, 4.69) is 15.9 Å². The number of hydrogen-bond acceptors (Lipinski definition) is 8. The molecule has 0 amide bonds. The Morgan fingerprint density at radius 2 is 1.02 bits per heavy atom. The first-order valence-corrected chi connectivity index (χ1v) is 19.0. The Morgan fingerprint density at radius 1 is 0.612 bits per heavy atom. The lowest BCUT2D eigenvalue weighted by molar-refractivity contribution is 0.0516. The Hall–Kier alpha value is -4.46. The molecule has 3 aromatic carbocycles. The lowest BCUT2D eigenvalue weighted by Gasteiger charge is -2.12. The predicted octanol–water partition coefficient (Wildman–Crippen LogP) is 7.47. The quantitative estimate of drug-likeness (QED) is 0.141. The Morgan fingerprint density at radius 3 is 1.47 bits per heavy atom. The van der Waals surface area contributed by atoms with Crippen molar-refractivity contribution in [2.24, 2.45) is 0 Å². The molecular formula is C36H37BrN2O8S2. The zero-order valence-electron chi connectivity index (χ0n) is 27.9. The molecule has 5 rings (SSSR count). The van der Waals surface area contributed by atoms with Crippen molar-refractivity contribution in [1.29, 1.82) is 0 Å². The number of nitrogens with zero attached hydrogens (tertiary/aromatic N) is 2. The maximum atomic E-state index is 13.3. The van der Waals surface area contributed by atoms with Crippen LogP contribution in [0.2, 0.25) is 0 Å². The topological polar surface area (TPSA) is 131 Å². The summed E-state index contributed by atoms with van der Waals surface area (Å²) in [5.74, 6) is -1.08. The van der Waals surface area contributed by atoms with Crippen LogP contribution >= 0.6 is 15.9 Å². The standard InChI is InChI=1S/C21H21NO4S.C15H16BrNO4S/c1-4-26-21(23)19-14-22(20(16(19)3)17-8-6-5-7-9-17)27(24,25)18-12-10-15(2)11-13-18;1-4-21-15(18)13-9-17(14(16)11(13)3)22(19,20)12-7-5-10(2)6-8-12/h5-14H,4H2,1-3H3;5-9H,4H2,1-3H3. The molecule has 0 bridgehead atoms.